The molecule has 0 radical (unpaired) electrons. The number of hydrogen-bond donors (Lipinski definition) is 1. The Morgan fingerprint density at radius 1 is 1.10 bits per heavy atom. The second kappa shape index (κ2) is 5.28. The van der Waals surface area contributed by atoms with Gasteiger partial charge >= 0.3 is 0 Å². The van der Waals surface area contributed by atoms with Crippen molar-refractivity contribution < 1.29 is 4.74 Å². The third-order valence-electron chi connectivity index (χ3n) is 3.61. The molecule has 1 aliphatic rings. The fourth-order valence-corrected chi connectivity index (χ4v) is 3.11. The summed E-state index contributed by atoms with van der Waals surface area (Å²) < 4.78 is 6.06. The summed E-state index contributed by atoms with van der Waals surface area (Å²) in [7, 11) is 0. The monoisotopic (exact) mass is 307 g/mol. The number of halogens is 2. The predicted molar refractivity (Wildman–Crippen MR) is 82.6 cm³/mol. The van der Waals surface area contributed by atoms with Gasteiger partial charge in [0.05, 0.1) is 0 Å². The number of rotatable bonds is 1. The van der Waals surface area contributed by atoms with Gasteiger partial charge in [-0.05, 0) is 25.1 Å². The summed E-state index contributed by atoms with van der Waals surface area (Å²) in [6.45, 7) is 2.05. The molecule has 0 aromatic heterocycles. The van der Waals surface area contributed by atoms with Gasteiger partial charge in [0.15, 0.2) is 0 Å². The lowest BCUT2D eigenvalue weighted by atomic mass is 9.92. The summed E-state index contributed by atoms with van der Waals surface area (Å²) in [5, 5.41) is 1.24. The van der Waals surface area contributed by atoms with Crippen LogP contribution in [0.2, 0.25) is 10.0 Å². The summed E-state index contributed by atoms with van der Waals surface area (Å²) in [6.07, 6.45) is 0.572. The van der Waals surface area contributed by atoms with Gasteiger partial charge in [0.2, 0.25) is 0 Å². The van der Waals surface area contributed by atoms with E-state index in [2.05, 4.69) is 13.0 Å². The van der Waals surface area contributed by atoms with Gasteiger partial charge in [-0.3, -0.25) is 0 Å². The Balaban J connectivity index is 1.97. The Morgan fingerprint density at radius 2 is 1.90 bits per heavy atom. The van der Waals surface area contributed by atoms with Crippen molar-refractivity contribution in [2.75, 3.05) is 0 Å². The molecule has 0 fully saturated rings. The van der Waals surface area contributed by atoms with E-state index in [9.17, 15) is 0 Å². The van der Waals surface area contributed by atoms with Crippen LogP contribution in [0, 0.1) is 6.92 Å². The highest BCUT2D eigenvalue weighted by atomic mass is 35.5. The molecule has 2 aromatic rings. The van der Waals surface area contributed by atoms with Crippen LogP contribution in [0.15, 0.2) is 36.4 Å². The lowest BCUT2D eigenvalue weighted by molar-refractivity contribution is 0.161. The van der Waals surface area contributed by atoms with Gasteiger partial charge in [-0.15, -0.1) is 0 Å². The summed E-state index contributed by atoms with van der Waals surface area (Å²) in [6, 6.07) is 11.5. The molecule has 2 atom stereocenters. The van der Waals surface area contributed by atoms with E-state index in [0.717, 1.165) is 16.9 Å². The molecule has 1 unspecified atom stereocenters. The molecule has 2 aromatic carbocycles. The molecule has 0 saturated heterocycles. The van der Waals surface area contributed by atoms with Crippen LogP contribution in [0.5, 0.6) is 5.75 Å². The number of fused-ring (bicyclic) bond motifs is 1. The van der Waals surface area contributed by atoms with E-state index >= 15 is 0 Å². The molecule has 3 rings (SSSR count). The van der Waals surface area contributed by atoms with E-state index in [1.165, 1.54) is 5.56 Å². The van der Waals surface area contributed by atoms with Crippen molar-refractivity contribution in [2.45, 2.75) is 25.5 Å². The zero-order valence-corrected chi connectivity index (χ0v) is 12.6. The first-order chi connectivity index (χ1) is 9.54. The second-order valence-corrected chi connectivity index (χ2v) is 6.00. The van der Waals surface area contributed by atoms with Crippen molar-refractivity contribution >= 4 is 23.2 Å². The molecule has 0 spiro atoms. The minimum atomic E-state index is -0.134. The Kier molecular flexibility index (Phi) is 3.63. The average molecular weight is 308 g/mol. The first-order valence-electron chi connectivity index (χ1n) is 6.52. The minimum absolute atomic E-state index is 0.0459. The maximum atomic E-state index is 6.27. The van der Waals surface area contributed by atoms with Crippen LogP contribution in [0.1, 0.15) is 35.3 Å². The van der Waals surface area contributed by atoms with Gasteiger partial charge in [0, 0.05) is 33.6 Å². The smallest absolute Gasteiger partial charge is 0.127 e. The maximum absolute atomic E-state index is 6.27. The minimum Gasteiger partial charge on any atom is -0.485 e. The summed E-state index contributed by atoms with van der Waals surface area (Å²) in [4.78, 5) is 0. The lowest BCUT2D eigenvalue weighted by Crippen LogP contribution is -2.24. The fourth-order valence-electron chi connectivity index (χ4n) is 2.58. The molecule has 2 N–H and O–H groups in total. The van der Waals surface area contributed by atoms with Crippen LogP contribution in [0.3, 0.4) is 0 Å². The highest BCUT2D eigenvalue weighted by molar-refractivity contribution is 6.35. The van der Waals surface area contributed by atoms with E-state index < -0.39 is 0 Å². The van der Waals surface area contributed by atoms with E-state index in [1.54, 1.807) is 6.07 Å². The molecule has 0 saturated carbocycles. The van der Waals surface area contributed by atoms with Crippen molar-refractivity contribution in [2.24, 2.45) is 5.73 Å². The highest BCUT2D eigenvalue weighted by Crippen LogP contribution is 2.42. The molecule has 2 nitrogen and oxygen atoms in total. The van der Waals surface area contributed by atoms with Crippen molar-refractivity contribution in [3.05, 3.63) is 63.1 Å². The van der Waals surface area contributed by atoms with Crippen LogP contribution < -0.4 is 10.5 Å². The van der Waals surface area contributed by atoms with Crippen LogP contribution in [-0.2, 0) is 0 Å². The van der Waals surface area contributed by atoms with Crippen molar-refractivity contribution in [1.29, 1.82) is 0 Å². The van der Waals surface area contributed by atoms with Crippen LogP contribution in [0.4, 0.5) is 0 Å². The normalized spacial score (nSPS) is 21.2. The van der Waals surface area contributed by atoms with Crippen molar-refractivity contribution in [3.63, 3.8) is 0 Å². The van der Waals surface area contributed by atoms with E-state index in [1.807, 2.05) is 24.3 Å². The zero-order valence-electron chi connectivity index (χ0n) is 11.1. The number of benzene rings is 2. The SMILES string of the molecule is Cc1ccc2c(c1)[C@H](N)CC(c1ccc(Cl)cc1Cl)O2. The van der Waals surface area contributed by atoms with Gasteiger partial charge in [0.25, 0.3) is 0 Å². The van der Waals surface area contributed by atoms with Gasteiger partial charge in [-0.1, -0.05) is 47.0 Å². The van der Waals surface area contributed by atoms with Gasteiger partial charge < -0.3 is 10.5 Å². The van der Waals surface area contributed by atoms with Crippen molar-refractivity contribution in [1.82, 2.24) is 0 Å². The zero-order chi connectivity index (χ0) is 14.3. The first-order valence-corrected chi connectivity index (χ1v) is 7.28. The molecule has 0 amide bonds. The van der Waals surface area contributed by atoms with Gasteiger partial charge in [0.1, 0.15) is 11.9 Å². The first kappa shape index (κ1) is 13.7. The lowest BCUT2D eigenvalue weighted by Gasteiger charge is -2.31. The molecule has 20 heavy (non-hydrogen) atoms. The summed E-state index contributed by atoms with van der Waals surface area (Å²) in [5.41, 5.74) is 9.45. The third-order valence-corrected chi connectivity index (χ3v) is 4.17. The van der Waals surface area contributed by atoms with E-state index in [0.29, 0.717) is 16.5 Å². The number of ether oxygens (including phenoxy) is 1. The summed E-state index contributed by atoms with van der Waals surface area (Å²) in [5.74, 6) is 0.838. The molecule has 104 valence electrons. The highest BCUT2D eigenvalue weighted by Gasteiger charge is 2.28. The Bertz CT molecular complexity index is 657. The van der Waals surface area contributed by atoms with Crippen molar-refractivity contribution in [3.8, 4) is 5.75 Å². The predicted octanol–water partition coefficient (Wildman–Crippen LogP) is 4.83. The Labute approximate surface area is 128 Å². The molecule has 1 aliphatic heterocycles. The largest absolute Gasteiger partial charge is 0.485 e. The standard InChI is InChI=1S/C16H15Cl2NO/c1-9-2-5-15-12(6-9)14(19)8-16(20-15)11-4-3-10(17)7-13(11)18/h2-7,14,16H,8,19H2,1H3/t14-,16?/m1/s1. The van der Waals surface area contributed by atoms with Crippen LogP contribution >= 0.6 is 23.2 Å². The molecule has 0 aliphatic carbocycles. The molecular weight excluding hydrogens is 293 g/mol. The fraction of sp³-hybridized carbons (Fsp3) is 0.250. The number of aryl methyl sites for hydroxylation is 1. The van der Waals surface area contributed by atoms with Gasteiger partial charge in [-0.25, -0.2) is 0 Å². The molecule has 1 heterocycles. The van der Waals surface area contributed by atoms with E-state index in [-0.39, 0.29) is 12.1 Å². The molecule has 0 bridgehead atoms. The van der Waals surface area contributed by atoms with Crippen LogP contribution in [-0.4, -0.2) is 0 Å². The van der Waals surface area contributed by atoms with E-state index in [4.69, 9.17) is 33.7 Å². The Hall–Kier alpha value is -1.22. The number of nitrogens with two attached hydrogens (primary N) is 1. The Morgan fingerprint density at radius 3 is 2.65 bits per heavy atom. The molecular formula is C16H15Cl2NO. The average Bonchev–Trinajstić information content (AvgIpc) is 2.39. The molecule has 4 heteroatoms. The van der Waals surface area contributed by atoms with Gasteiger partial charge in [-0.2, -0.15) is 0 Å². The number of hydrogen-bond acceptors (Lipinski definition) is 2. The second-order valence-electron chi connectivity index (χ2n) is 5.16. The third kappa shape index (κ3) is 2.51. The topological polar surface area (TPSA) is 35.2 Å². The summed E-state index contributed by atoms with van der Waals surface area (Å²) >= 11 is 12.2. The van der Waals surface area contributed by atoms with Crippen LogP contribution in [0.25, 0.3) is 0 Å². The maximum Gasteiger partial charge on any atom is 0.127 e. The quantitative estimate of drug-likeness (QED) is 0.819.